The third-order valence-corrected chi connectivity index (χ3v) is 5.73. The summed E-state index contributed by atoms with van der Waals surface area (Å²) in [5, 5.41) is 19.2. The van der Waals surface area contributed by atoms with Gasteiger partial charge in [0.15, 0.2) is 5.76 Å². The van der Waals surface area contributed by atoms with Gasteiger partial charge in [-0.25, -0.2) is 0 Å². The number of hydrogen-bond donors (Lipinski definition) is 1. The summed E-state index contributed by atoms with van der Waals surface area (Å²) >= 11 is 0. The van der Waals surface area contributed by atoms with Crippen LogP contribution < -0.4 is 4.74 Å². The highest BCUT2D eigenvalue weighted by molar-refractivity contribution is 5.94. The van der Waals surface area contributed by atoms with Crippen molar-refractivity contribution < 1.29 is 14.1 Å². The Balaban J connectivity index is 1.34. The number of carbonyl (C=O) groups excluding carboxylic acids is 1. The van der Waals surface area contributed by atoms with Crippen LogP contribution in [0.15, 0.2) is 47.0 Å². The molecule has 1 fully saturated rings. The number of amides is 1. The number of fused-ring (bicyclic) bond motifs is 1. The van der Waals surface area contributed by atoms with Crippen molar-refractivity contribution in [3.05, 3.63) is 42.5 Å². The van der Waals surface area contributed by atoms with Gasteiger partial charge in [-0.15, -0.1) is 10.2 Å². The number of tetrazole rings is 1. The molecule has 1 amide bonds. The molecule has 9 nitrogen and oxygen atoms in total. The average Bonchev–Trinajstić information content (AvgIpc) is 3.49. The molecule has 5 rings (SSSR count). The van der Waals surface area contributed by atoms with Gasteiger partial charge < -0.3 is 14.2 Å². The first-order valence-corrected chi connectivity index (χ1v) is 10.8. The normalized spacial score (nSPS) is 14.9. The molecule has 0 radical (unpaired) electrons. The molecule has 1 aliphatic rings. The predicted molar refractivity (Wildman–Crippen MR) is 118 cm³/mol. The van der Waals surface area contributed by atoms with Crippen molar-refractivity contribution in [1.29, 1.82) is 0 Å². The number of H-pyrrole nitrogens is 1. The summed E-state index contributed by atoms with van der Waals surface area (Å²) in [6.07, 6.45) is 1.72. The Morgan fingerprint density at radius 2 is 2.00 bits per heavy atom. The van der Waals surface area contributed by atoms with Gasteiger partial charge in [-0.05, 0) is 35.5 Å². The molecule has 1 N–H and O–H groups in total. The zero-order chi connectivity index (χ0) is 22.1. The maximum absolute atomic E-state index is 12.2. The van der Waals surface area contributed by atoms with E-state index in [9.17, 15) is 4.79 Å². The van der Waals surface area contributed by atoms with Crippen molar-refractivity contribution in [2.24, 2.45) is 5.92 Å². The lowest BCUT2D eigenvalue weighted by atomic mass is 10.0. The molecule has 32 heavy (non-hydrogen) atoms. The van der Waals surface area contributed by atoms with Crippen LogP contribution in [0.3, 0.4) is 0 Å². The number of aromatic amines is 1. The second kappa shape index (κ2) is 8.41. The maximum Gasteiger partial charge on any atom is 0.225 e. The lowest BCUT2D eigenvalue weighted by Gasteiger charge is -2.33. The Hall–Kier alpha value is -3.75. The van der Waals surface area contributed by atoms with E-state index in [1.807, 2.05) is 61.2 Å². The number of hydrogen-bond acceptors (Lipinski definition) is 7. The zero-order valence-corrected chi connectivity index (χ0v) is 18.0. The monoisotopic (exact) mass is 432 g/mol. The second-order valence-electron chi connectivity index (χ2n) is 8.30. The fourth-order valence-corrected chi connectivity index (χ4v) is 4.04. The number of carbonyl (C=O) groups is 1. The van der Waals surface area contributed by atoms with E-state index in [0.29, 0.717) is 11.6 Å². The van der Waals surface area contributed by atoms with Gasteiger partial charge in [-0.3, -0.25) is 4.79 Å². The van der Waals surface area contributed by atoms with Gasteiger partial charge in [0.25, 0.3) is 0 Å². The number of benzene rings is 2. The van der Waals surface area contributed by atoms with Crippen LogP contribution in [-0.4, -0.2) is 55.8 Å². The minimum Gasteiger partial charge on any atom is -0.490 e. The largest absolute Gasteiger partial charge is 0.490 e. The molecule has 1 aliphatic heterocycles. The van der Waals surface area contributed by atoms with Crippen molar-refractivity contribution in [2.45, 2.75) is 32.8 Å². The van der Waals surface area contributed by atoms with Gasteiger partial charge in [-0.2, -0.15) is 5.21 Å². The lowest BCUT2D eigenvalue weighted by Crippen LogP contribution is -2.43. The highest BCUT2D eigenvalue weighted by Crippen LogP contribution is 2.33. The summed E-state index contributed by atoms with van der Waals surface area (Å²) in [5.41, 5.74) is 2.45. The summed E-state index contributed by atoms with van der Waals surface area (Å²) in [6, 6.07) is 13.5. The molecule has 0 spiro atoms. The Morgan fingerprint density at radius 3 is 2.75 bits per heavy atom. The van der Waals surface area contributed by atoms with Gasteiger partial charge in [0.05, 0.1) is 5.39 Å². The number of likely N-dealkylation sites (tertiary alicyclic amines) is 1. The summed E-state index contributed by atoms with van der Waals surface area (Å²) in [5.74, 6) is 2.19. The first kappa shape index (κ1) is 20.2. The molecule has 1 saturated heterocycles. The molecule has 0 atom stereocenters. The number of rotatable bonds is 5. The van der Waals surface area contributed by atoms with Gasteiger partial charge in [0.1, 0.15) is 17.4 Å². The Kier molecular flexibility index (Phi) is 5.30. The van der Waals surface area contributed by atoms with Crippen LogP contribution in [0.4, 0.5) is 0 Å². The van der Waals surface area contributed by atoms with Crippen LogP contribution in [0.25, 0.3) is 33.6 Å². The van der Waals surface area contributed by atoms with Crippen molar-refractivity contribution in [2.75, 3.05) is 13.1 Å². The molecule has 3 heterocycles. The van der Waals surface area contributed by atoms with Crippen molar-refractivity contribution in [3.8, 4) is 28.5 Å². The molecular weight excluding hydrogens is 408 g/mol. The molecule has 0 bridgehead atoms. The first-order chi connectivity index (χ1) is 15.6. The van der Waals surface area contributed by atoms with Crippen LogP contribution in [0.5, 0.6) is 5.75 Å². The van der Waals surface area contributed by atoms with Gasteiger partial charge in [0, 0.05) is 43.0 Å². The van der Waals surface area contributed by atoms with Crippen LogP contribution in [0.1, 0.15) is 26.7 Å². The Morgan fingerprint density at radius 1 is 1.16 bits per heavy atom. The molecule has 4 aromatic rings. The van der Waals surface area contributed by atoms with E-state index in [1.165, 1.54) is 0 Å². The number of aromatic nitrogens is 5. The highest BCUT2D eigenvalue weighted by Gasteiger charge is 2.25. The molecule has 0 saturated carbocycles. The second-order valence-corrected chi connectivity index (χ2v) is 8.30. The van der Waals surface area contributed by atoms with E-state index in [4.69, 9.17) is 9.26 Å². The summed E-state index contributed by atoms with van der Waals surface area (Å²) in [6.45, 7) is 5.34. The smallest absolute Gasteiger partial charge is 0.225 e. The maximum atomic E-state index is 12.2. The molecule has 164 valence electrons. The fraction of sp³-hybridized carbons (Fsp3) is 0.348. The van der Waals surface area contributed by atoms with Gasteiger partial charge in [0.2, 0.25) is 11.7 Å². The van der Waals surface area contributed by atoms with E-state index in [2.05, 4.69) is 25.8 Å². The Bertz CT molecular complexity index is 1230. The first-order valence-electron chi connectivity index (χ1n) is 10.8. The number of ether oxygens (including phenoxy) is 1. The Labute approximate surface area is 184 Å². The van der Waals surface area contributed by atoms with E-state index < -0.39 is 0 Å². The molecule has 9 heteroatoms. The van der Waals surface area contributed by atoms with E-state index in [1.54, 1.807) is 0 Å². The molecule has 0 unspecified atom stereocenters. The number of nitrogens with zero attached hydrogens (tertiary/aromatic N) is 5. The summed E-state index contributed by atoms with van der Waals surface area (Å²) < 4.78 is 11.9. The van der Waals surface area contributed by atoms with E-state index in [0.717, 1.165) is 53.7 Å². The minimum absolute atomic E-state index is 0.0291. The van der Waals surface area contributed by atoms with Crippen LogP contribution in [0.2, 0.25) is 0 Å². The van der Waals surface area contributed by atoms with Gasteiger partial charge in [-0.1, -0.05) is 31.1 Å². The highest BCUT2D eigenvalue weighted by atomic mass is 16.5. The fourth-order valence-electron chi connectivity index (χ4n) is 4.04. The molecular formula is C23H24N6O3. The minimum atomic E-state index is 0.0291. The van der Waals surface area contributed by atoms with Crippen LogP contribution in [0, 0.1) is 5.92 Å². The van der Waals surface area contributed by atoms with Crippen LogP contribution >= 0.6 is 0 Å². The SMILES string of the molecule is CC(C)C(=O)N1CCC(Oc2cccc(-c3onc4ccc(-c5nn[nH]n5)cc34)c2)CC1. The third kappa shape index (κ3) is 3.93. The topological polar surface area (TPSA) is 110 Å². The predicted octanol–water partition coefficient (Wildman–Crippen LogP) is 3.70. The summed E-state index contributed by atoms with van der Waals surface area (Å²) in [4.78, 5) is 14.1. The lowest BCUT2D eigenvalue weighted by molar-refractivity contribution is -0.136. The molecule has 2 aromatic carbocycles. The summed E-state index contributed by atoms with van der Waals surface area (Å²) in [7, 11) is 0. The number of nitrogens with one attached hydrogen (secondary N) is 1. The number of piperidine rings is 1. The third-order valence-electron chi connectivity index (χ3n) is 5.73. The van der Waals surface area contributed by atoms with Crippen molar-refractivity contribution in [1.82, 2.24) is 30.7 Å². The molecule has 2 aromatic heterocycles. The standard InChI is InChI=1S/C23H24N6O3/c1-14(2)23(30)29-10-8-17(9-11-29)31-18-5-3-4-15(12-18)21-19-13-16(22-24-27-28-25-22)6-7-20(19)26-32-21/h3-7,12-14,17H,8-11H2,1-2H3,(H,24,25,27,28). The zero-order valence-electron chi connectivity index (χ0n) is 18.0. The quantitative estimate of drug-likeness (QED) is 0.512. The molecule has 0 aliphatic carbocycles. The van der Waals surface area contributed by atoms with E-state index in [-0.39, 0.29) is 17.9 Å². The van der Waals surface area contributed by atoms with Gasteiger partial charge >= 0.3 is 0 Å². The van der Waals surface area contributed by atoms with Crippen molar-refractivity contribution >= 4 is 16.8 Å². The van der Waals surface area contributed by atoms with Crippen molar-refractivity contribution in [3.63, 3.8) is 0 Å². The average molecular weight is 432 g/mol. The van der Waals surface area contributed by atoms with Crippen LogP contribution in [-0.2, 0) is 4.79 Å². The van der Waals surface area contributed by atoms with E-state index >= 15 is 0 Å².